The Morgan fingerprint density at radius 1 is 1.15 bits per heavy atom. The molecule has 0 heterocycles. The standard InChI is InChI=1S/C16H19O.2ClH.Ti/c1-16(2,3)17-15-11-7-6-10-14(15)12-13-8-4-5-9-13;;;/h4,6-8,10-11H,5,12H2,1-3H3;2*1H;/q-1;;;. The van der Waals surface area contributed by atoms with Crippen molar-refractivity contribution in [1.82, 2.24) is 0 Å². The Bertz CT molecular complexity index is 462. The van der Waals surface area contributed by atoms with Gasteiger partial charge >= 0.3 is 0 Å². The van der Waals surface area contributed by atoms with Crippen LogP contribution in [0.5, 0.6) is 5.75 Å². The largest absolute Gasteiger partial charge is 0.488 e. The van der Waals surface area contributed by atoms with Gasteiger partial charge < -0.3 is 4.74 Å². The third-order valence-electron chi connectivity index (χ3n) is 2.54. The third-order valence-corrected chi connectivity index (χ3v) is 2.54. The molecule has 20 heavy (non-hydrogen) atoms. The molecule has 110 valence electrons. The van der Waals surface area contributed by atoms with Crippen LogP contribution in [-0.4, -0.2) is 5.60 Å². The van der Waals surface area contributed by atoms with Gasteiger partial charge in [0, 0.05) is 21.7 Å². The predicted molar refractivity (Wildman–Crippen MR) is 85.5 cm³/mol. The Hall–Kier alpha value is -0.206. The molecule has 1 aromatic carbocycles. The quantitative estimate of drug-likeness (QED) is 0.556. The summed E-state index contributed by atoms with van der Waals surface area (Å²) in [5.74, 6) is 0.981. The van der Waals surface area contributed by atoms with Crippen molar-refractivity contribution in [3.8, 4) is 5.75 Å². The molecule has 0 atom stereocenters. The Labute approximate surface area is 149 Å². The van der Waals surface area contributed by atoms with Gasteiger partial charge in [0.15, 0.2) is 0 Å². The molecular weight excluding hydrogens is 327 g/mol. The summed E-state index contributed by atoms with van der Waals surface area (Å²) in [7, 11) is 0. The van der Waals surface area contributed by atoms with Crippen molar-refractivity contribution in [2.24, 2.45) is 0 Å². The van der Waals surface area contributed by atoms with E-state index >= 15 is 0 Å². The molecule has 1 aliphatic carbocycles. The molecule has 0 bridgehead atoms. The van der Waals surface area contributed by atoms with Gasteiger partial charge in [0.1, 0.15) is 11.4 Å². The minimum absolute atomic E-state index is 0. The molecule has 0 aliphatic heterocycles. The van der Waals surface area contributed by atoms with Gasteiger partial charge in [-0.3, -0.25) is 6.08 Å². The first-order valence-electron chi connectivity index (χ1n) is 6.08. The number of hydrogen-bond acceptors (Lipinski definition) is 1. The van der Waals surface area contributed by atoms with Gasteiger partial charge in [-0.2, -0.15) is 6.08 Å². The van der Waals surface area contributed by atoms with Crippen LogP contribution in [0.15, 0.2) is 42.0 Å². The first-order valence-corrected chi connectivity index (χ1v) is 6.08. The van der Waals surface area contributed by atoms with Crippen LogP contribution in [-0.2, 0) is 28.1 Å². The van der Waals surface area contributed by atoms with Crippen LogP contribution < -0.4 is 4.74 Å². The SMILES string of the molecule is CC(C)(C)Oc1ccccc1CC1=[C-]CC=C1.Cl.Cl.[Ti]. The van der Waals surface area contributed by atoms with E-state index in [1.807, 2.05) is 12.1 Å². The van der Waals surface area contributed by atoms with Gasteiger partial charge in [0.2, 0.25) is 0 Å². The topological polar surface area (TPSA) is 9.23 Å². The number of ether oxygens (including phenoxy) is 1. The van der Waals surface area contributed by atoms with E-state index in [9.17, 15) is 0 Å². The van der Waals surface area contributed by atoms with Crippen LogP contribution >= 0.6 is 24.8 Å². The first kappa shape index (κ1) is 22.1. The van der Waals surface area contributed by atoms with Gasteiger partial charge in [-0.25, -0.2) is 11.6 Å². The normalized spacial score (nSPS) is 12.7. The molecule has 1 nitrogen and oxygen atoms in total. The second kappa shape index (κ2) is 9.68. The Morgan fingerprint density at radius 3 is 2.35 bits per heavy atom. The summed E-state index contributed by atoms with van der Waals surface area (Å²) in [6.07, 6.45) is 9.48. The maximum atomic E-state index is 5.98. The van der Waals surface area contributed by atoms with E-state index in [2.05, 4.69) is 51.1 Å². The minimum Gasteiger partial charge on any atom is -0.488 e. The summed E-state index contributed by atoms with van der Waals surface area (Å²) in [6.45, 7) is 6.22. The van der Waals surface area contributed by atoms with Gasteiger partial charge in [0.25, 0.3) is 0 Å². The van der Waals surface area contributed by atoms with E-state index in [4.69, 9.17) is 4.74 Å². The van der Waals surface area contributed by atoms with Gasteiger partial charge in [0.05, 0.1) is 0 Å². The maximum absolute atomic E-state index is 5.98. The third kappa shape index (κ3) is 6.99. The number of hydrogen-bond donors (Lipinski definition) is 0. The summed E-state index contributed by atoms with van der Waals surface area (Å²) in [5.41, 5.74) is 2.34. The van der Waals surface area contributed by atoms with Crippen molar-refractivity contribution < 1.29 is 26.5 Å². The molecule has 4 heteroatoms. The van der Waals surface area contributed by atoms with Crippen LogP contribution in [0.2, 0.25) is 0 Å². The zero-order valence-corrected chi connectivity index (χ0v) is 15.3. The summed E-state index contributed by atoms with van der Waals surface area (Å²) >= 11 is 0. The van der Waals surface area contributed by atoms with Gasteiger partial charge in [-0.1, -0.05) is 18.2 Å². The molecule has 1 aromatic rings. The summed E-state index contributed by atoms with van der Waals surface area (Å²) in [4.78, 5) is 0. The summed E-state index contributed by atoms with van der Waals surface area (Å²) < 4.78 is 5.98. The van der Waals surface area contributed by atoms with Crippen LogP contribution in [0.3, 0.4) is 0 Å². The summed E-state index contributed by atoms with van der Waals surface area (Å²) in [5, 5.41) is 0. The second-order valence-corrected chi connectivity index (χ2v) is 5.31. The number of rotatable bonds is 3. The van der Waals surface area contributed by atoms with Crippen LogP contribution in [0, 0.1) is 6.08 Å². The van der Waals surface area contributed by atoms with Crippen molar-refractivity contribution in [3.63, 3.8) is 0 Å². The second-order valence-electron chi connectivity index (χ2n) is 5.31. The first-order chi connectivity index (χ1) is 8.04. The molecular formula is C16H21Cl2OTi-. The molecule has 0 unspecified atom stereocenters. The fourth-order valence-electron chi connectivity index (χ4n) is 1.86. The van der Waals surface area contributed by atoms with Gasteiger partial charge in [-0.05, 0) is 38.8 Å². The van der Waals surface area contributed by atoms with Gasteiger partial charge in [-0.15, -0.1) is 31.2 Å². The van der Waals surface area contributed by atoms with E-state index < -0.39 is 0 Å². The summed E-state index contributed by atoms with van der Waals surface area (Å²) in [6, 6.07) is 8.25. The maximum Gasteiger partial charge on any atom is 0.123 e. The Kier molecular flexibility index (Phi) is 10.7. The van der Waals surface area contributed by atoms with E-state index in [0.29, 0.717) is 0 Å². The van der Waals surface area contributed by atoms with Crippen molar-refractivity contribution in [1.29, 1.82) is 0 Å². The van der Waals surface area contributed by atoms with Crippen molar-refractivity contribution in [2.75, 3.05) is 0 Å². The van der Waals surface area contributed by atoms with E-state index in [1.165, 1.54) is 11.1 Å². The Morgan fingerprint density at radius 2 is 1.80 bits per heavy atom. The molecule has 0 spiro atoms. The minimum atomic E-state index is -0.153. The molecule has 0 N–H and O–H groups in total. The van der Waals surface area contributed by atoms with Crippen LogP contribution in [0.4, 0.5) is 0 Å². The van der Waals surface area contributed by atoms with Crippen LogP contribution in [0.1, 0.15) is 32.8 Å². The van der Waals surface area contributed by atoms with Crippen LogP contribution in [0.25, 0.3) is 0 Å². The molecule has 1 aliphatic rings. The fourth-order valence-corrected chi connectivity index (χ4v) is 1.86. The zero-order chi connectivity index (χ0) is 12.3. The zero-order valence-electron chi connectivity index (χ0n) is 12.1. The van der Waals surface area contributed by atoms with Crippen molar-refractivity contribution >= 4 is 24.8 Å². The molecule has 0 aromatic heterocycles. The van der Waals surface area contributed by atoms with E-state index in [1.54, 1.807) is 0 Å². The molecule has 2 rings (SSSR count). The number of para-hydroxylation sites is 1. The Balaban J connectivity index is 0. The molecule has 0 saturated carbocycles. The van der Waals surface area contributed by atoms with Crippen molar-refractivity contribution in [2.45, 2.75) is 39.2 Å². The number of halogens is 2. The van der Waals surface area contributed by atoms with E-state index in [-0.39, 0.29) is 52.1 Å². The average Bonchev–Trinajstić information content (AvgIpc) is 2.71. The monoisotopic (exact) mass is 347 g/mol. The predicted octanol–water partition coefficient (Wildman–Crippen LogP) is 4.94. The fraction of sp³-hybridized carbons (Fsp3) is 0.375. The molecule has 0 radical (unpaired) electrons. The number of benzene rings is 1. The molecule has 0 saturated heterocycles. The van der Waals surface area contributed by atoms with E-state index in [0.717, 1.165) is 18.6 Å². The molecule has 0 amide bonds. The van der Waals surface area contributed by atoms with Crippen molar-refractivity contribution in [3.05, 3.63) is 53.6 Å². The molecule has 0 fully saturated rings. The smallest absolute Gasteiger partial charge is 0.123 e. The average molecular weight is 348 g/mol. The number of allylic oxidation sites excluding steroid dienone is 4.